The summed E-state index contributed by atoms with van der Waals surface area (Å²) in [6.45, 7) is 6.79. The van der Waals surface area contributed by atoms with Crippen molar-refractivity contribution in [3.63, 3.8) is 0 Å². The van der Waals surface area contributed by atoms with Gasteiger partial charge >= 0.3 is 5.69 Å². The summed E-state index contributed by atoms with van der Waals surface area (Å²) in [7, 11) is 4.99. The van der Waals surface area contributed by atoms with Crippen LogP contribution in [0.5, 0.6) is 11.5 Å². The minimum absolute atomic E-state index is 0.207. The molecule has 4 heterocycles. The molecular weight excluding hydrogens is 536 g/mol. The molecule has 11 heteroatoms. The Kier molecular flexibility index (Phi) is 7.76. The first-order valence-corrected chi connectivity index (χ1v) is 14.6. The smallest absolute Gasteiger partial charge is 0.331 e. The quantitative estimate of drug-likeness (QED) is 0.329. The Bertz CT molecular complexity index is 1730. The largest absolute Gasteiger partial charge is 0.493 e. The first-order valence-electron chi connectivity index (χ1n) is 14.6. The minimum atomic E-state index is -0.263. The Labute approximate surface area is 244 Å². The summed E-state index contributed by atoms with van der Waals surface area (Å²) < 4.78 is 19.7. The third-order valence-electron chi connectivity index (χ3n) is 8.64. The molecule has 42 heavy (non-hydrogen) atoms. The molecule has 2 aromatic heterocycles. The van der Waals surface area contributed by atoms with Crippen LogP contribution in [0.2, 0.25) is 0 Å². The zero-order chi connectivity index (χ0) is 29.4. The summed E-state index contributed by atoms with van der Waals surface area (Å²) in [6, 6.07) is 9.52. The number of anilines is 2. The zero-order valence-electron chi connectivity index (χ0n) is 24.8. The van der Waals surface area contributed by atoms with Crippen molar-refractivity contribution in [3.8, 4) is 11.5 Å². The van der Waals surface area contributed by atoms with Gasteiger partial charge in [-0.25, -0.2) is 9.78 Å². The number of hydrogen-bond acceptors (Lipinski definition) is 9. The van der Waals surface area contributed by atoms with Crippen molar-refractivity contribution in [3.05, 3.63) is 56.7 Å². The van der Waals surface area contributed by atoms with Gasteiger partial charge < -0.3 is 24.0 Å². The van der Waals surface area contributed by atoms with E-state index in [1.807, 2.05) is 37.3 Å². The lowest BCUT2D eigenvalue weighted by Crippen LogP contribution is -2.40. The van der Waals surface area contributed by atoms with Crippen molar-refractivity contribution in [1.29, 1.82) is 0 Å². The highest BCUT2D eigenvalue weighted by Gasteiger charge is 2.26. The second-order valence-corrected chi connectivity index (χ2v) is 11.2. The van der Waals surface area contributed by atoms with Crippen LogP contribution >= 0.6 is 0 Å². The third kappa shape index (κ3) is 5.17. The number of morpholine rings is 1. The van der Waals surface area contributed by atoms with Crippen LogP contribution in [0.3, 0.4) is 0 Å². The normalized spacial score (nSPS) is 16.4. The van der Waals surface area contributed by atoms with Gasteiger partial charge in [-0.3, -0.25) is 13.9 Å². The summed E-state index contributed by atoms with van der Waals surface area (Å²) in [6.07, 6.45) is 2.65. The topological polar surface area (TPSA) is 104 Å². The molecule has 2 aromatic carbocycles. The number of fused-ring (bicyclic) bond motifs is 2. The van der Waals surface area contributed by atoms with Crippen molar-refractivity contribution in [2.24, 2.45) is 13.0 Å². The monoisotopic (exact) mass is 574 g/mol. The number of hydrogen-bond donors (Lipinski definition) is 0. The second kappa shape index (κ2) is 11.6. The van der Waals surface area contributed by atoms with Crippen molar-refractivity contribution < 1.29 is 14.2 Å². The number of ether oxygens (including phenoxy) is 3. The molecule has 0 bridgehead atoms. The zero-order valence-corrected chi connectivity index (χ0v) is 24.8. The summed E-state index contributed by atoms with van der Waals surface area (Å²) in [4.78, 5) is 40.8. The number of piperidine rings is 1. The fraction of sp³-hybridized carbons (Fsp3) is 0.484. The number of benzene rings is 2. The van der Waals surface area contributed by atoms with Gasteiger partial charge in [0.05, 0.1) is 43.9 Å². The van der Waals surface area contributed by atoms with E-state index in [9.17, 15) is 9.59 Å². The van der Waals surface area contributed by atoms with E-state index < -0.39 is 0 Å². The Balaban J connectivity index is 1.23. The van der Waals surface area contributed by atoms with Crippen LogP contribution in [-0.4, -0.2) is 72.7 Å². The van der Waals surface area contributed by atoms with Gasteiger partial charge in [-0.05, 0) is 50.3 Å². The van der Waals surface area contributed by atoms with Crippen LogP contribution in [0, 0.1) is 12.8 Å². The van der Waals surface area contributed by atoms with Gasteiger partial charge in [-0.2, -0.15) is 4.98 Å². The van der Waals surface area contributed by atoms with E-state index in [0.29, 0.717) is 54.0 Å². The average molecular weight is 575 g/mol. The van der Waals surface area contributed by atoms with E-state index in [0.717, 1.165) is 67.7 Å². The molecule has 0 amide bonds. The van der Waals surface area contributed by atoms with Crippen LogP contribution in [0.25, 0.3) is 21.8 Å². The molecule has 6 rings (SSSR count). The highest BCUT2D eigenvalue weighted by Crippen LogP contribution is 2.37. The maximum absolute atomic E-state index is 13.2. The van der Waals surface area contributed by atoms with Crippen molar-refractivity contribution in [1.82, 2.24) is 19.1 Å². The molecule has 2 fully saturated rings. The fourth-order valence-corrected chi connectivity index (χ4v) is 6.15. The molecule has 2 aliphatic heterocycles. The Morgan fingerprint density at radius 3 is 2.33 bits per heavy atom. The number of aromatic nitrogens is 4. The standard InChI is InChI=1S/C31H38N6O5/c1-20-5-6-25-23(17-20)29(38)37(31(39)34(25)2)12-9-21-7-10-35(11-8-21)28-22-18-26(40-3)27(41-4)19-24(22)32-30(33-28)36-13-15-42-16-14-36/h5-6,17-19,21H,7-16H2,1-4H3. The van der Waals surface area contributed by atoms with Crippen LogP contribution in [0.15, 0.2) is 39.9 Å². The number of aryl methyl sites for hydroxylation is 2. The van der Waals surface area contributed by atoms with Gasteiger partial charge in [-0.1, -0.05) is 11.6 Å². The molecule has 11 nitrogen and oxygen atoms in total. The lowest BCUT2D eigenvalue weighted by molar-refractivity contribution is 0.122. The van der Waals surface area contributed by atoms with Gasteiger partial charge in [0, 0.05) is 51.2 Å². The number of rotatable bonds is 7. The predicted octanol–water partition coefficient (Wildman–Crippen LogP) is 3.11. The molecule has 2 saturated heterocycles. The van der Waals surface area contributed by atoms with E-state index in [-0.39, 0.29) is 11.2 Å². The molecule has 0 spiro atoms. The summed E-state index contributed by atoms with van der Waals surface area (Å²) in [5.41, 5.74) is 2.01. The summed E-state index contributed by atoms with van der Waals surface area (Å²) in [5, 5.41) is 1.51. The average Bonchev–Trinajstić information content (AvgIpc) is 3.03. The molecule has 0 N–H and O–H groups in total. The second-order valence-electron chi connectivity index (χ2n) is 11.2. The number of nitrogens with zero attached hydrogens (tertiary/aromatic N) is 6. The van der Waals surface area contributed by atoms with Crippen LogP contribution in [-0.2, 0) is 18.3 Å². The Morgan fingerprint density at radius 2 is 1.62 bits per heavy atom. The highest BCUT2D eigenvalue weighted by atomic mass is 16.5. The number of methoxy groups -OCH3 is 2. The first kappa shape index (κ1) is 28.0. The molecule has 0 unspecified atom stereocenters. The third-order valence-corrected chi connectivity index (χ3v) is 8.64. The lowest BCUT2D eigenvalue weighted by Gasteiger charge is -2.34. The molecule has 2 aliphatic rings. The van der Waals surface area contributed by atoms with Gasteiger partial charge in [0.15, 0.2) is 11.5 Å². The lowest BCUT2D eigenvalue weighted by atomic mass is 9.93. The minimum Gasteiger partial charge on any atom is -0.493 e. The molecule has 0 atom stereocenters. The van der Waals surface area contributed by atoms with E-state index in [4.69, 9.17) is 24.2 Å². The molecule has 222 valence electrons. The van der Waals surface area contributed by atoms with Gasteiger partial charge in [0.2, 0.25) is 5.95 Å². The molecule has 4 aromatic rings. The van der Waals surface area contributed by atoms with Crippen molar-refractivity contribution >= 4 is 33.6 Å². The molecular formula is C31H38N6O5. The molecule has 0 saturated carbocycles. The highest BCUT2D eigenvalue weighted by molar-refractivity contribution is 5.93. The SMILES string of the molecule is COc1cc2nc(N3CCOCC3)nc(N3CCC(CCn4c(=O)c5cc(C)ccc5n(C)c4=O)CC3)c2cc1OC. The molecule has 0 radical (unpaired) electrons. The maximum Gasteiger partial charge on any atom is 0.331 e. The van der Waals surface area contributed by atoms with Gasteiger partial charge in [-0.15, -0.1) is 0 Å². The predicted molar refractivity (Wildman–Crippen MR) is 163 cm³/mol. The Morgan fingerprint density at radius 1 is 0.905 bits per heavy atom. The van der Waals surface area contributed by atoms with Gasteiger partial charge in [0.1, 0.15) is 5.82 Å². The van der Waals surface area contributed by atoms with Crippen LogP contribution in [0.4, 0.5) is 11.8 Å². The van der Waals surface area contributed by atoms with Crippen LogP contribution < -0.4 is 30.5 Å². The van der Waals surface area contributed by atoms with E-state index >= 15 is 0 Å². The fourth-order valence-electron chi connectivity index (χ4n) is 6.15. The summed E-state index contributed by atoms with van der Waals surface area (Å²) >= 11 is 0. The maximum atomic E-state index is 13.2. The van der Waals surface area contributed by atoms with Crippen molar-refractivity contribution in [2.75, 3.05) is 63.4 Å². The van der Waals surface area contributed by atoms with Gasteiger partial charge in [0.25, 0.3) is 5.56 Å². The van der Waals surface area contributed by atoms with Crippen molar-refractivity contribution in [2.45, 2.75) is 32.7 Å². The summed E-state index contributed by atoms with van der Waals surface area (Å²) in [5.74, 6) is 3.24. The van der Waals surface area contributed by atoms with E-state index in [1.165, 1.54) is 4.57 Å². The first-order chi connectivity index (χ1) is 20.4. The van der Waals surface area contributed by atoms with E-state index in [1.54, 1.807) is 25.8 Å². The molecule has 0 aliphatic carbocycles. The van der Waals surface area contributed by atoms with Crippen LogP contribution in [0.1, 0.15) is 24.8 Å². The Hall–Kier alpha value is -4.12. The van der Waals surface area contributed by atoms with E-state index in [2.05, 4.69) is 9.80 Å².